The molecule has 0 radical (unpaired) electrons. The summed E-state index contributed by atoms with van der Waals surface area (Å²) in [4.78, 5) is 14.9. The highest BCUT2D eigenvalue weighted by Gasteiger charge is 2.33. The fourth-order valence-corrected chi connectivity index (χ4v) is 3.80. The van der Waals surface area contributed by atoms with E-state index in [-0.39, 0.29) is 6.04 Å². The van der Waals surface area contributed by atoms with Crippen LogP contribution in [0.15, 0.2) is 30.7 Å². The van der Waals surface area contributed by atoms with E-state index in [1.165, 1.54) is 22.5 Å². The van der Waals surface area contributed by atoms with Crippen LogP contribution in [-0.4, -0.2) is 38.1 Å². The zero-order valence-electron chi connectivity index (χ0n) is 15.8. The molecule has 1 aromatic carbocycles. The fourth-order valence-electron chi connectivity index (χ4n) is 3.80. The van der Waals surface area contributed by atoms with Gasteiger partial charge in [-0.25, -0.2) is 9.97 Å². The normalized spacial score (nSPS) is 17.3. The van der Waals surface area contributed by atoms with E-state index >= 15 is 0 Å². The lowest BCUT2D eigenvalue weighted by atomic mass is 9.98. The highest BCUT2D eigenvalue weighted by Crippen LogP contribution is 2.35. The van der Waals surface area contributed by atoms with Gasteiger partial charge in [-0.15, -0.1) is 0 Å². The second-order valence-corrected chi connectivity index (χ2v) is 6.99. The van der Waals surface area contributed by atoms with E-state index in [9.17, 15) is 0 Å². The van der Waals surface area contributed by atoms with Crippen molar-refractivity contribution >= 4 is 0 Å². The van der Waals surface area contributed by atoms with Crippen LogP contribution >= 0.6 is 0 Å². The molecule has 0 unspecified atom stereocenters. The minimum atomic E-state index is 0.0854. The monoisotopic (exact) mass is 351 g/mol. The first-order valence-electron chi connectivity index (χ1n) is 8.96. The molecule has 1 atom stereocenters. The summed E-state index contributed by atoms with van der Waals surface area (Å²) in [6, 6.07) is 6.50. The van der Waals surface area contributed by atoms with Crippen molar-refractivity contribution in [3.8, 4) is 5.75 Å². The quantitative estimate of drug-likeness (QED) is 0.785. The maximum atomic E-state index is 5.62. The molecule has 0 amide bonds. The fraction of sp³-hybridized carbons (Fsp3) is 0.400. The second kappa shape index (κ2) is 6.61. The van der Waals surface area contributed by atoms with E-state index in [0.29, 0.717) is 0 Å². The van der Waals surface area contributed by atoms with Gasteiger partial charge in [0.1, 0.15) is 11.6 Å². The number of H-pyrrole nitrogens is 1. The zero-order valence-corrected chi connectivity index (χ0v) is 15.8. The Hall–Kier alpha value is -2.60. The van der Waals surface area contributed by atoms with Crippen molar-refractivity contribution in [2.75, 3.05) is 13.7 Å². The Bertz CT molecular complexity index is 926. The third kappa shape index (κ3) is 2.80. The first-order chi connectivity index (χ1) is 12.6. The topological polar surface area (TPSA) is 59.0 Å². The number of rotatable bonds is 4. The number of aromatic amines is 1. The molecule has 1 N–H and O–H groups in total. The highest BCUT2D eigenvalue weighted by molar-refractivity contribution is 5.38. The van der Waals surface area contributed by atoms with Gasteiger partial charge in [0.05, 0.1) is 37.1 Å². The number of ether oxygens (including phenoxy) is 1. The van der Waals surface area contributed by atoms with Gasteiger partial charge < -0.3 is 14.3 Å². The first-order valence-corrected chi connectivity index (χ1v) is 8.96. The molecule has 6 nitrogen and oxygen atoms in total. The molecule has 0 aliphatic carbocycles. The van der Waals surface area contributed by atoms with Gasteiger partial charge in [0, 0.05) is 37.8 Å². The average Bonchev–Trinajstić information content (AvgIpc) is 3.24. The lowest BCUT2D eigenvalue weighted by Crippen LogP contribution is -2.36. The van der Waals surface area contributed by atoms with Crippen molar-refractivity contribution in [2.45, 2.75) is 32.9 Å². The van der Waals surface area contributed by atoms with Gasteiger partial charge in [0.25, 0.3) is 0 Å². The molecule has 3 heterocycles. The summed E-state index contributed by atoms with van der Waals surface area (Å²) in [7, 11) is 3.81. The molecule has 1 aliphatic heterocycles. The number of methoxy groups -OCH3 is 1. The van der Waals surface area contributed by atoms with Gasteiger partial charge in [-0.1, -0.05) is 12.1 Å². The van der Waals surface area contributed by atoms with Crippen LogP contribution in [0, 0.1) is 13.8 Å². The van der Waals surface area contributed by atoms with E-state index in [1.807, 2.05) is 13.1 Å². The Labute approximate surface area is 153 Å². The summed E-state index contributed by atoms with van der Waals surface area (Å²) in [6.45, 7) is 5.89. The zero-order chi connectivity index (χ0) is 18.3. The molecule has 2 aromatic heterocycles. The van der Waals surface area contributed by atoms with Crippen LogP contribution < -0.4 is 4.74 Å². The number of hydrogen-bond donors (Lipinski definition) is 1. The Morgan fingerprint density at radius 2 is 2.12 bits per heavy atom. The van der Waals surface area contributed by atoms with Gasteiger partial charge in [0.2, 0.25) is 0 Å². The molecule has 0 saturated heterocycles. The van der Waals surface area contributed by atoms with Crippen molar-refractivity contribution in [1.82, 2.24) is 24.4 Å². The van der Waals surface area contributed by atoms with Crippen molar-refractivity contribution in [1.29, 1.82) is 0 Å². The van der Waals surface area contributed by atoms with Crippen LogP contribution in [0.3, 0.4) is 0 Å². The van der Waals surface area contributed by atoms with E-state index in [2.05, 4.69) is 56.6 Å². The van der Waals surface area contributed by atoms with Crippen LogP contribution in [0.25, 0.3) is 0 Å². The first kappa shape index (κ1) is 16.8. The summed E-state index contributed by atoms with van der Waals surface area (Å²) < 4.78 is 7.79. The van der Waals surface area contributed by atoms with E-state index in [0.717, 1.165) is 36.8 Å². The molecule has 26 heavy (non-hydrogen) atoms. The van der Waals surface area contributed by atoms with Gasteiger partial charge >= 0.3 is 0 Å². The SMILES string of the molecule is COc1cc(C)ccc1CN1CCc2[nH]cnc2[C@H]1c1cnc(C)n1C. The molecule has 1 aliphatic rings. The smallest absolute Gasteiger partial charge is 0.123 e. The second-order valence-electron chi connectivity index (χ2n) is 6.99. The molecular formula is C20H25N5O. The lowest BCUT2D eigenvalue weighted by Gasteiger charge is -2.35. The summed E-state index contributed by atoms with van der Waals surface area (Å²) in [5.41, 5.74) is 5.89. The molecule has 0 bridgehead atoms. The maximum Gasteiger partial charge on any atom is 0.123 e. The number of nitrogens with one attached hydrogen (secondary N) is 1. The van der Waals surface area contributed by atoms with Crippen molar-refractivity contribution in [3.63, 3.8) is 0 Å². The Balaban J connectivity index is 1.74. The maximum absolute atomic E-state index is 5.62. The van der Waals surface area contributed by atoms with Gasteiger partial charge in [-0.05, 0) is 25.5 Å². The van der Waals surface area contributed by atoms with Crippen LogP contribution in [0.2, 0.25) is 0 Å². The minimum Gasteiger partial charge on any atom is -0.496 e. The summed E-state index contributed by atoms with van der Waals surface area (Å²) >= 11 is 0. The van der Waals surface area contributed by atoms with Crippen LogP contribution in [-0.2, 0) is 20.0 Å². The molecule has 136 valence electrons. The summed E-state index contributed by atoms with van der Waals surface area (Å²) in [6.07, 6.45) is 4.75. The van der Waals surface area contributed by atoms with Crippen LogP contribution in [0.1, 0.15) is 40.1 Å². The number of fused-ring (bicyclic) bond motifs is 1. The van der Waals surface area contributed by atoms with Gasteiger partial charge in [-0.2, -0.15) is 0 Å². The number of imidazole rings is 2. The molecule has 0 spiro atoms. The van der Waals surface area contributed by atoms with Crippen molar-refractivity contribution < 1.29 is 4.74 Å². The van der Waals surface area contributed by atoms with E-state index in [4.69, 9.17) is 4.74 Å². The molecule has 4 rings (SSSR count). The molecule has 6 heteroatoms. The third-order valence-corrected chi connectivity index (χ3v) is 5.38. The Kier molecular flexibility index (Phi) is 4.28. The number of aromatic nitrogens is 4. The van der Waals surface area contributed by atoms with Gasteiger partial charge in [-0.3, -0.25) is 4.90 Å². The predicted molar refractivity (Wildman–Crippen MR) is 100 cm³/mol. The number of aryl methyl sites for hydroxylation is 2. The molecule has 0 saturated carbocycles. The number of hydrogen-bond acceptors (Lipinski definition) is 4. The largest absolute Gasteiger partial charge is 0.496 e. The molecular weight excluding hydrogens is 326 g/mol. The van der Waals surface area contributed by atoms with Gasteiger partial charge in [0.15, 0.2) is 0 Å². The Morgan fingerprint density at radius 3 is 2.85 bits per heavy atom. The molecule has 0 fully saturated rings. The standard InChI is InChI=1S/C20H25N5O/c1-13-5-6-15(18(9-13)26-4)11-25-8-7-16-19(23-12-22-16)20(25)17-10-21-14(2)24(17)3/h5-6,9-10,12,20H,7-8,11H2,1-4H3,(H,22,23)/t20-/m1/s1. The Morgan fingerprint density at radius 1 is 1.27 bits per heavy atom. The predicted octanol–water partition coefficient (Wildman–Crippen LogP) is 2.92. The summed E-state index contributed by atoms with van der Waals surface area (Å²) in [5.74, 6) is 1.95. The van der Waals surface area contributed by atoms with E-state index in [1.54, 1.807) is 13.4 Å². The van der Waals surface area contributed by atoms with Crippen LogP contribution in [0.5, 0.6) is 5.75 Å². The van der Waals surface area contributed by atoms with Crippen molar-refractivity contribution in [3.05, 3.63) is 64.8 Å². The molecule has 3 aromatic rings. The number of benzene rings is 1. The number of nitrogens with zero attached hydrogens (tertiary/aromatic N) is 4. The average molecular weight is 351 g/mol. The highest BCUT2D eigenvalue weighted by atomic mass is 16.5. The van der Waals surface area contributed by atoms with E-state index < -0.39 is 0 Å². The van der Waals surface area contributed by atoms with Crippen molar-refractivity contribution in [2.24, 2.45) is 7.05 Å². The minimum absolute atomic E-state index is 0.0854. The summed E-state index contributed by atoms with van der Waals surface area (Å²) in [5, 5.41) is 0. The third-order valence-electron chi connectivity index (χ3n) is 5.38. The van der Waals surface area contributed by atoms with Crippen LogP contribution in [0.4, 0.5) is 0 Å². The lowest BCUT2D eigenvalue weighted by molar-refractivity contribution is 0.192.